The Morgan fingerprint density at radius 3 is 2.86 bits per heavy atom. The van der Waals surface area contributed by atoms with E-state index in [-0.39, 0.29) is 0 Å². The molecule has 1 fully saturated rings. The second kappa shape index (κ2) is 6.69. The summed E-state index contributed by atoms with van der Waals surface area (Å²) in [5.74, 6) is 2.48. The molecule has 2 aromatic rings. The maximum absolute atomic E-state index is 4.81. The van der Waals surface area contributed by atoms with E-state index in [0.717, 1.165) is 48.1 Å². The van der Waals surface area contributed by atoms with E-state index in [9.17, 15) is 0 Å². The van der Waals surface area contributed by atoms with Crippen LogP contribution in [0.1, 0.15) is 32.9 Å². The standard InChI is InChI=1S/C16H25N5S/c1-4-17-15(21-9-12(2)7-13(3)10-21)18-8-14-11-20-5-6-22-16(20)19-14/h5-6,11-13H,4,7-10H2,1-3H3,(H,17,18). The molecule has 0 amide bonds. The smallest absolute Gasteiger partial charge is 0.194 e. The van der Waals surface area contributed by atoms with Gasteiger partial charge in [-0.25, -0.2) is 9.98 Å². The second-order valence-electron chi connectivity index (χ2n) is 6.35. The minimum atomic E-state index is 0.635. The molecule has 0 radical (unpaired) electrons. The van der Waals surface area contributed by atoms with Gasteiger partial charge < -0.3 is 10.2 Å². The third-order valence-corrected chi connectivity index (χ3v) is 4.81. The lowest BCUT2D eigenvalue weighted by Gasteiger charge is -2.37. The number of piperidine rings is 1. The van der Waals surface area contributed by atoms with E-state index in [4.69, 9.17) is 4.99 Å². The van der Waals surface area contributed by atoms with Crippen LogP contribution in [0.4, 0.5) is 0 Å². The van der Waals surface area contributed by atoms with E-state index < -0.39 is 0 Å². The number of hydrogen-bond donors (Lipinski definition) is 1. The monoisotopic (exact) mass is 319 g/mol. The molecule has 0 aromatic carbocycles. The van der Waals surface area contributed by atoms with Crippen LogP contribution in [0, 0.1) is 11.8 Å². The van der Waals surface area contributed by atoms with Gasteiger partial charge in [0.1, 0.15) is 0 Å². The van der Waals surface area contributed by atoms with E-state index in [1.807, 2.05) is 6.20 Å². The van der Waals surface area contributed by atoms with Crippen molar-refractivity contribution in [2.45, 2.75) is 33.7 Å². The molecule has 1 saturated heterocycles. The fourth-order valence-corrected chi connectivity index (χ4v) is 3.99. The van der Waals surface area contributed by atoms with Gasteiger partial charge in [0.2, 0.25) is 0 Å². The van der Waals surface area contributed by atoms with Crippen molar-refractivity contribution in [3.8, 4) is 0 Å². The summed E-state index contributed by atoms with van der Waals surface area (Å²) in [6.07, 6.45) is 5.42. The van der Waals surface area contributed by atoms with Crippen molar-refractivity contribution >= 4 is 22.3 Å². The number of aliphatic imine (C=N–C) groups is 1. The first-order valence-electron chi connectivity index (χ1n) is 8.10. The summed E-state index contributed by atoms with van der Waals surface area (Å²) in [5.41, 5.74) is 1.03. The van der Waals surface area contributed by atoms with Crippen LogP contribution in [0.2, 0.25) is 0 Å². The van der Waals surface area contributed by atoms with Gasteiger partial charge in [0, 0.05) is 37.4 Å². The third-order valence-electron chi connectivity index (χ3n) is 4.04. The number of rotatable bonds is 3. The molecule has 2 unspecified atom stereocenters. The van der Waals surface area contributed by atoms with E-state index in [1.54, 1.807) is 11.3 Å². The minimum Gasteiger partial charge on any atom is -0.357 e. The first kappa shape index (κ1) is 15.3. The number of nitrogens with zero attached hydrogens (tertiary/aromatic N) is 4. The molecule has 120 valence electrons. The summed E-state index contributed by atoms with van der Waals surface area (Å²) in [6, 6.07) is 0. The van der Waals surface area contributed by atoms with Gasteiger partial charge in [0.25, 0.3) is 0 Å². The van der Waals surface area contributed by atoms with Crippen molar-refractivity contribution in [2.24, 2.45) is 16.8 Å². The Hall–Kier alpha value is -1.56. The molecule has 0 spiro atoms. The van der Waals surface area contributed by atoms with Gasteiger partial charge in [0.05, 0.1) is 12.2 Å². The number of thiazole rings is 1. The molecule has 22 heavy (non-hydrogen) atoms. The SMILES string of the molecule is CCNC(=NCc1cn2ccsc2n1)N1CC(C)CC(C)C1. The fraction of sp³-hybridized carbons (Fsp3) is 0.625. The molecule has 0 saturated carbocycles. The zero-order valence-electron chi connectivity index (χ0n) is 13.6. The molecule has 2 atom stereocenters. The molecule has 2 aromatic heterocycles. The first-order chi connectivity index (χ1) is 10.7. The summed E-state index contributed by atoms with van der Waals surface area (Å²) < 4.78 is 2.06. The number of aromatic nitrogens is 2. The van der Waals surface area contributed by atoms with Gasteiger partial charge >= 0.3 is 0 Å². The molecular weight excluding hydrogens is 294 g/mol. The zero-order valence-corrected chi connectivity index (χ0v) is 14.4. The highest BCUT2D eigenvalue weighted by Gasteiger charge is 2.23. The lowest BCUT2D eigenvalue weighted by molar-refractivity contribution is 0.208. The molecule has 5 nitrogen and oxygen atoms in total. The minimum absolute atomic E-state index is 0.635. The van der Waals surface area contributed by atoms with E-state index in [0.29, 0.717) is 6.54 Å². The predicted molar refractivity (Wildman–Crippen MR) is 92.4 cm³/mol. The number of imidazole rings is 1. The van der Waals surface area contributed by atoms with Gasteiger partial charge in [-0.1, -0.05) is 13.8 Å². The highest BCUT2D eigenvalue weighted by Crippen LogP contribution is 2.21. The Labute approximate surface area is 136 Å². The van der Waals surface area contributed by atoms with E-state index in [1.165, 1.54) is 6.42 Å². The zero-order chi connectivity index (χ0) is 15.5. The summed E-state index contributed by atoms with van der Waals surface area (Å²) in [4.78, 5) is 12.9. The molecule has 0 aliphatic carbocycles. The first-order valence-corrected chi connectivity index (χ1v) is 8.98. The molecule has 1 aliphatic heterocycles. The van der Waals surface area contributed by atoms with Gasteiger partial charge in [-0.15, -0.1) is 11.3 Å². The van der Waals surface area contributed by atoms with E-state index >= 15 is 0 Å². The van der Waals surface area contributed by atoms with Crippen LogP contribution in [-0.2, 0) is 6.54 Å². The maximum atomic E-state index is 4.81. The lowest BCUT2D eigenvalue weighted by Crippen LogP contribution is -2.48. The highest BCUT2D eigenvalue weighted by atomic mass is 32.1. The van der Waals surface area contributed by atoms with Crippen LogP contribution in [0.3, 0.4) is 0 Å². The van der Waals surface area contributed by atoms with Gasteiger partial charge in [0.15, 0.2) is 10.9 Å². The average Bonchev–Trinajstić information content (AvgIpc) is 3.03. The number of likely N-dealkylation sites (tertiary alicyclic amines) is 1. The topological polar surface area (TPSA) is 44.9 Å². The van der Waals surface area contributed by atoms with Crippen LogP contribution >= 0.6 is 11.3 Å². The van der Waals surface area contributed by atoms with Gasteiger partial charge in [-0.2, -0.15) is 0 Å². The summed E-state index contributed by atoms with van der Waals surface area (Å²) >= 11 is 1.66. The summed E-state index contributed by atoms with van der Waals surface area (Å²) in [6.45, 7) is 10.5. The Kier molecular flexibility index (Phi) is 4.66. The number of hydrogen-bond acceptors (Lipinski definition) is 3. The normalized spacial score (nSPS) is 23.2. The highest BCUT2D eigenvalue weighted by molar-refractivity contribution is 7.15. The van der Waals surface area contributed by atoms with Crippen LogP contribution in [0.15, 0.2) is 22.8 Å². The Bertz CT molecular complexity index is 605. The summed E-state index contributed by atoms with van der Waals surface area (Å²) in [7, 11) is 0. The molecule has 6 heteroatoms. The molecule has 1 aliphatic rings. The van der Waals surface area contributed by atoms with Crippen LogP contribution in [0.25, 0.3) is 4.96 Å². The Balaban J connectivity index is 1.73. The molecule has 3 heterocycles. The van der Waals surface area contributed by atoms with Crippen molar-refractivity contribution in [2.75, 3.05) is 19.6 Å². The van der Waals surface area contributed by atoms with E-state index in [2.05, 4.69) is 51.9 Å². The molecular formula is C16H25N5S. The fourth-order valence-electron chi connectivity index (χ4n) is 3.27. The average molecular weight is 319 g/mol. The maximum Gasteiger partial charge on any atom is 0.194 e. The van der Waals surface area contributed by atoms with Crippen molar-refractivity contribution in [3.05, 3.63) is 23.5 Å². The van der Waals surface area contributed by atoms with Crippen molar-refractivity contribution in [1.82, 2.24) is 19.6 Å². The molecule has 0 bridgehead atoms. The molecule has 1 N–H and O–H groups in total. The summed E-state index contributed by atoms with van der Waals surface area (Å²) in [5, 5.41) is 5.49. The van der Waals surface area contributed by atoms with Gasteiger partial charge in [-0.05, 0) is 25.2 Å². The van der Waals surface area contributed by atoms with Crippen molar-refractivity contribution in [3.63, 3.8) is 0 Å². The number of nitrogens with one attached hydrogen (secondary N) is 1. The lowest BCUT2D eigenvalue weighted by atomic mass is 9.92. The largest absolute Gasteiger partial charge is 0.357 e. The van der Waals surface area contributed by atoms with Crippen molar-refractivity contribution < 1.29 is 0 Å². The Morgan fingerprint density at radius 2 is 2.18 bits per heavy atom. The number of fused-ring (bicyclic) bond motifs is 1. The third kappa shape index (κ3) is 3.43. The second-order valence-corrected chi connectivity index (χ2v) is 7.22. The van der Waals surface area contributed by atoms with Gasteiger partial charge in [-0.3, -0.25) is 4.40 Å². The quantitative estimate of drug-likeness (QED) is 0.699. The van der Waals surface area contributed by atoms with Crippen LogP contribution in [-0.4, -0.2) is 39.9 Å². The number of guanidine groups is 1. The van der Waals surface area contributed by atoms with Crippen molar-refractivity contribution in [1.29, 1.82) is 0 Å². The van der Waals surface area contributed by atoms with Crippen LogP contribution in [0.5, 0.6) is 0 Å². The Morgan fingerprint density at radius 1 is 1.41 bits per heavy atom. The predicted octanol–water partition coefficient (Wildman–Crippen LogP) is 2.84. The molecule has 3 rings (SSSR count). The van der Waals surface area contributed by atoms with Crippen LogP contribution < -0.4 is 5.32 Å².